The van der Waals surface area contributed by atoms with Crippen LogP contribution in [0.15, 0.2) is 48.5 Å². The molecule has 7 rings (SSSR count). The molecule has 0 N–H and O–H groups in total. The Morgan fingerprint density at radius 3 is 2.25 bits per heavy atom. The third kappa shape index (κ3) is 6.18. The Bertz CT molecular complexity index is 1600. The van der Waals surface area contributed by atoms with Gasteiger partial charge in [-0.15, -0.1) is 0 Å². The summed E-state index contributed by atoms with van der Waals surface area (Å²) in [5.74, 6) is 0.328. The minimum absolute atomic E-state index is 0.00844. The zero-order chi connectivity index (χ0) is 35.0. The topological polar surface area (TPSA) is 32.8 Å². The zero-order valence-electron chi connectivity index (χ0n) is 31.9. The van der Waals surface area contributed by atoms with E-state index in [-0.39, 0.29) is 28.9 Å². The molecule has 3 aliphatic heterocycles. The monoisotopic (exact) mass is 650 g/mol. The number of anilines is 2. The number of fused-ring (bicyclic) bond motifs is 4. The molecule has 4 heteroatoms. The SMILES string of the molecule is CC.CC.CCN1c2cc3c(cc2C(C)CC1(C)C)C(C(C)OC(=O)Cc1ccccc1)c1cc2c4c(c1C3(C)C)CCCN4CCC2. The standard InChI is InChI=1S/C40H50N2O2.2C2H6/c1-8-42-34-23-33-31(22-30(34)25(2)24-39(42,4)5)36(26(3)44-35(43)20-27-14-10-9-11-15-27)32-21-28-16-12-18-41-19-13-17-29(38(28)41)37(32)40(33,6)7;2*1-2/h9-11,14-15,21-23,25-26,36H,8,12-13,16-20,24H2,1-7H3;2*1-2H3. The molecule has 0 fully saturated rings. The summed E-state index contributed by atoms with van der Waals surface area (Å²) in [5, 5.41) is 0. The summed E-state index contributed by atoms with van der Waals surface area (Å²) in [6, 6.07) is 17.6. The Labute approximate surface area is 292 Å². The van der Waals surface area contributed by atoms with Crippen LogP contribution < -0.4 is 9.80 Å². The molecule has 0 radical (unpaired) electrons. The van der Waals surface area contributed by atoms with Crippen molar-refractivity contribution in [2.45, 2.75) is 144 Å². The van der Waals surface area contributed by atoms with Crippen LogP contribution in [0.25, 0.3) is 0 Å². The third-order valence-corrected chi connectivity index (χ3v) is 11.4. The van der Waals surface area contributed by atoms with Gasteiger partial charge in [-0.2, -0.15) is 0 Å². The molecule has 0 saturated heterocycles. The number of nitrogens with zero attached hydrogens (tertiary/aromatic N) is 2. The second-order valence-corrected chi connectivity index (χ2v) is 15.1. The molecule has 4 nitrogen and oxygen atoms in total. The lowest BCUT2D eigenvalue weighted by molar-refractivity contribution is -0.148. The van der Waals surface area contributed by atoms with Crippen LogP contribution in [0.4, 0.5) is 11.4 Å². The van der Waals surface area contributed by atoms with E-state index in [9.17, 15) is 4.79 Å². The third-order valence-electron chi connectivity index (χ3n) is 11.4. The maximum absolute atomic E-state index is 13.4. The average molecular weight is 651 g/mol. The molecule has 260 valence electrons. The molecule has 3 unspecified atom stereocenters. The molecule has 48 heavy (non-hydrogen) atoms. The molecule has 3 heterocycles. The van der Waals surface area contributed by atoms with E-state index in [0.717, 1.165) is 31.4 Å². The van der Waals surface area contributed by atoms with Crippen molar-refractivity contribution in [1.82, 2.24) is 0 Å². The molecule has 3 aromatic carbocycles. The van der Waals surface area contributed by atoms with E-state index < -0.39 is 0 Å². The van der Waals surface area contributed by atoms with Crippen LogP contribution in [0.1, 0.15) is 152 Å². The predicted molar refractivity (Wildman–Crippen MR) is 204 cm³/mol. The lowest BCUT2D eigenvalue weighted by Gasteiger charge is -2.50. The van der Waals surface area contributed by atoms with Gasteiger partial charge in [0, 0.05) is 47.9 Å². The highest BCUT2D eigenvalue weighted by atomic mass is 16.5. The van der Waals surface area contributed by atoms with Crippen LogP contribution in [0.5, 0.6) is 0 Å². The largest absolute Gasteiger partial charge is 0.461 e. The molecule has 0 amide bonds. The van der Waals surface area contributed by atoms with Crippen LogP contribution in [0.2, 0.25) is 0 Å². The van der Waals surface area contributed by atoms with E-state index in [0.29, 0.717) is 12.3 Å². The van der Waals surface area contributed by atoms with Crippen LogP contribution in [0, 0.1) is 0 Å². The second-order valence-electron chi connectivity index (χ2n) is 15.1. The number of benzene rings is 3. The highest BCUT2D eigenvalue weighted by Gasteiger charge is 2.46. The fourth-order valence-electron chi connectivity index (χ4n) is 9.70. The molecule has 0 saturated carbocycles. The molecule has 0 bridgehead atoms. The van der Waals surface area contributed by atoms with Gasteiger partial charge in [-0.05, 0) is 116 Å². The molecular formula is C44H62N2O2. The Kier molecular flexibility index (Phi) is 10.7. The smallest absolute Gasteiger partial charge is 0.310 e. The van der Waals surface area contributed by atoms with Crippen LogP contribution in [-0.4, -0.2) is 37.2 Å². The van der Waals surface area contributed by atoms with Crippen LogP contribution in [0.3, 0.4) is 0 Å². The number of carbonyl (C=O) groups is 1. The Morgan fingerprint density at radius 2 is 1.58 bits per heavy atom. The maximum atomic E-state index is 13.4. The number of carbonyl (C=O) groups excluding carboxylic acids is 1. The van der Waals surface area contributed by atoms with E-state index in [4.69, 9.17) is 4.74 Å². The molecule has 0 aromatic heterocycles. The average Bonchev–Trinajstić information content (AvgIpc) is 3.06. The van der Waals surface area contributed by atoms with E-state index >= 15 is 0 Å². The van der Waals surface area contributed by atoms with Gasteiger partial charge in [0.1, 0.15) is 6.10 Å². The van der Waals surface area contributed by atoms with Crippen LogP contribution >= 0.6 is 0 Å². The van der Waals surface area contributed by atoms with Crippen molar-refractivity contribution in [3.63, 3.8) is 0 Å². The predicted octanol–water partition coefficient (Wildman–Crippen LogP) is 10.5. The quantitative estimate of drug-likeness (QED) is 0.257. The summed E-state index contributed by atoms with van der Waals surface area (Å²) >= 11 is 0. The first-order chi connectivity index (χ1) is 23.0. The van der Waals surface area contributed by atoms with Crippen molar-refractivity contribution in [2.24, 2.45) is 0 Å². The summed E-state index contributed by atoms with van der Waals surface area (Å²) in [6.45, 7) is 27.9. The summed E-state index contributed by atoms with van der Waals surface area (Å²) in [4.78, 5) is 18.7. The first kappa shape index (κ1) is 36.0. The van der Waals surface area contributed by atoms with Crippen molar-refractivity contribution in [1.29, 1.82) is 0 Å². The van der Waals surface area contributed by atoms with E-state index in [2.05, 4.69) is 76.5 Å². The van der Waals surface area contributed by atoms with Gasteiger partial charge in [0.15, 0.2) is 0 Å². The number of esters is 1. The maximum Gasteiger partial charge on any atom is 0.310 e. The van der Waals surface area contributed by atoms with Gasteiger partial charge < -0.3 is 14.5 Å². The fourth-order valence-corrected chi connectivity index (χ4v) is 9.70. The summed E-state index contributed by atoms with van der Waals surface area (Å²) in [7, 11) is 0. The van der Waals surface area contributed by atoms with Gasteiger partial charge in [0.2, 0.25) is 0 Å². The summed E-state index contributed by atoms with van der Waals surface area (Å²) in [6.07, 6.45) is 5.84. The van der Waals surface area contributed by atoms with Crippen molar-refractivity contribution in [3.8, 4) is 0 Å². The van der Waals surface area contributed by atoms with Gasteiger partial charge in [-0.25, -0.2) is 0 Å². The number of aryl methyl sites for hydroxylation is 1. The number of ether oxygens (including phenoxy) is 1. The van der Waals surface area contributed by atoms with Gasteiger partial charge in [0.25, 0.3) is 0 Å². The molecule has 4 aliphatic rings. The number of rotatable bonds is 5. The highest BCUT2D eigenvalue weighted by Crippen LogP contribution is 2.56. The van der Waals surface area contributed by atoms with E-state index in [1.54, 1.807) is 5.56 Å². The lowest BCUT2D eigenvalue weighted by Crippen LogP contribution is -2.48. The van der Waals surface area contributed by atoms with Crippen LogP contribution in [-0.2, 0) is 34.2 Å². The normalized spacial score (nSPS) is 21.5. The van der Waals surface area contributed by atoms with Gasteiger partial charge in [-0.3, -0.25) is 4.79 Å². The minimum Gasteiger partial charge on any atom is -0.461 e. The Hall–Kier alpha value is -3.27. The van der Waals surface area contributed by atoms with E-state index in [1.807, 2.05) is 58.0 Å². The van der Waals surface area contributed by atoms with Crippen molar-refractivity contribution < 1.29 is 9.53 Å². The summed E-state index contributed by atoms with van der Waals surface area (Å²) in [5.41, 5.74) is 14.0. The molecule has 1 aliphatic carbocycles. The van der Waals surface area contributed by atoms with Gasteiger partial charge in [-0.1, -0.05) is 90.9 Å². The van der Waals surface area contributed by atoms with Crippen molar-refractivity contribution in [2.75, 3.05) is 29.4 Å². The van der Waals surface area contributed by atoms with Crippen molar-refractivity contribution >= 4 is 17.3 Å². The molecular weight excluding hydrogens is 588 g/mol. The number of hydrogen-bond donors (Lipinski definition) is 0. The Morgan fingerprint density at radius 1 is 0.917 bits per heavy atom. The van der Waals surface area contributed by atoms with E-state index in [1.165, 1.54) is 70.7 Å². The first-order valence-corrected chi connectivity index (χ1v) is 19.1. The lowest BCUT2D eigenvalue weighted by atomic mass is 9.60. The summed E-state index contributed by atoms with van der Waals surface area (Å²) < 4.78 is 6.41. The number of hydrogen-bond acceptors (Lipinski definition) is 4. The zero-order valence-corrected chi connectivity index (χ0v) is 31.9. The molecule has 3 aromatic rings. The van der Waals surface area contributed by atoms with Gasteiger partial charge in [0.05, 0.1) is 6.42 Å². The minimum atomic E-state index is -0.274. The Balaban J connectivity index is 0.00000109. The fraction of sp³-hybridized carbons (Fsp3) is 0.568. The first-order valence-electron chi connectivity index (χ1n) is 19.1. The van der Waals surface area contributed by atoms with Gasteiger partial charge >= 0.3 is 5.97 Å². The molecule has 3 atom stereocenters. The second kappa shape index (κ2) is 14.3. The highest BCUT2D eigenvalue weighted by molar-refractivity contribution is 5.76. The molecule has 0 spiro atoms. The van der Waals surface area contributed by atoms with Crippen molar-refractivity contribution in [3.05, 3.63) is 93.0 Å².